The molecule has 0 heterocycles. The third kappa shape index (κ3) is 12.4. The molecule has 0 aliphatic rings. The smallest absolute Gasteiger partial charge is 0.333 e. The number of carbonyl (C=O) groups is 1. The lowest BCUT2D eigenvalue weighted by Crippen LogP contribution is -2.33. The summed E-state index contributed by atoms with van der Waals surface area (Å²) in [5.74, 6) is 0.389. The van der Waals surface area contributed by atoms with Crippen LogP contribution in [0.5, 0.6) is 5.75 Å². The first-order valence-electron chi connectivity index (χ1n) is 20.0. The molecule has 0 bridgehead atoms. The highest BCUT2D eigenvalue weighted by Crippen LogP contribution is 2.36. The second kappa shape index (κ2) is 20.5. The maximum absolute atomic E-state index is 12.0. The number of aliphatic hydroxyl groups is 2. The Kier molecular flexibility index (Phi) is 16.1. The van der Waals surface area contributed by atoms with Gasteiger partial charge in [0, 0.05) is 11.0 Å². The Morgan fingerprint density at radius 2 is 1.26 bits per heavy atom. The zero-order valence-corrected chi connectivity index (χ0v) is 33.8. The van der Waals surface area contributed by atoms with Crippen molar-refractivity contribution >= 4 is 5.97 Å². The number of hydrogen-bond donors (Lipinski definition) is 2. The maximum Gasteiger partial charge on any atom is 0.333 e. The first-order chi connectivity index (χ1) is 25.9. The van der Waals surface area contributed by atoms with Gasteiger partial charge in [-0.2, -0.15) is 0 Å². The number of unbranched alkanes of at least 4 members (excludes halogenated alkanes) is 2. The lowest BCUT2D eigenvalue weighted by molar-refractivity contribution is -0.139. The van der Waals surface area contributed by atoms with Crippen molar-refractivity contribution in [3.63, 3.8) is 0 Å². The number of carbonyl (C=O) groups excluding carboxylic acids is 1. The molecule has 54 heavy (non-hydrogen) atoms. The van der Waals surface area contributed by atoms with Crippen molar-refractivity contribution in [2.45, 2.75) is 106 Å². The third-order valence-corrected chi connectivity index (χ3v) is 10.6. The van der Waals surface area contributed by atoms with Crippen LogP contribution < -0.4 is 4.74 Å². The van der Waals surface area contributed by atoms with Gasteiger partial charge in [0.25, 0.3) is 0 Å². The van der Waals surface area contributed by atoms with Gasteiger partial charge in [0.15, 0.2) is 0 Å². The number of esters is 1. The summed E-state index contributed by atoms with van der Waals surface area (Å²) in [5.41, 5.74) is 10.7. The Hall–Kier alpha value is -4.19. The lowest BCUT2D eigenvalue weighted by Gasteiger charge is -2.32. The molecule has 0 saturated carbocycles. The molecular formula is C49H64O5. The summed E-state index contributed by atoms with van der Waals surface area (Å²) in [6.45, 7) is 16.8. The molecule has 0 saturated heterocycles. The SMILES string of the molecule is C=C(C)C(=O)OCCCc1cc(-c2ccc(-c3ccc(-c4ccc(CCCCC)cc4)cc3)cc2CC)ccc1OCCC(CO)(CO)CCC(C)(C)C. The first kappa shape index (κ1) is 42.6. The fraction of sp³-hybridized carbons (Fsp3) is 0.449. The predicted molar refractivity (Wildman–Crippen MR) is 225 cm³/mol. The van der Waals surface area contributed by atoms with Crippen LogP contribution in [-0.2, 0) is 28.8 Å². The van der Waals surface area contributed by atoms with Crippen LogP contribution in [0.1, 0.15) is 103 Å². The van der Waals surface area contributed by atoms with Gasteiger partial charge in [-0.05, 0) is 126 Å². The molecule has 0 fully saturated rings. The van der Waals surface area contributed by atoms with E-state index in [9.17, 15) is 15.0 Å². The second-order valence-corrected chi connectivity index (χ2v) is 16.3. The van der Waals surface area contributed by atoms with Crippen molar-refractivity contribution in [3.8, 4) is 39.1 Å². The molecule has 290 valence electrons. The number of ether oxygens (including phenoxy) is 2. The Labute approximate surface area is 325 Å². The summed E-state index contributed by atoms with van der Waals surface area (Å²) in [6.07, 6.45) is 9.26. The number of aliphatic hydroxyl groups excluding tert-OH is 2. The molecule has 0 spiro atoms. The zero-order chi connectivity index (χ0) is 39.1. The summed E-state index contributed by atoms with van der Waals surface area (Å²) in [5, 5.41) is 20.6. The molecule has 0 aliphatic carbocycles. The summed E-state index contributed by atoms with van der Waals surface area (Å²) in [6, 6.07) is 31.0. The highest BCUT2D eigenvalue weighted by molar-refractivity contribution is 5.86. The molecular weight excluding hydrogens is 669 g/mol. The van der Waals surface area contributed by atoms with Crippen LogP contribution in [0.25, 0.3) is 33.4 Å². The molecule has 0 amide bonds. The molecule has 2 N–H and O–H groups in total. The maximum atomic E-state index is 12.0. The molecule has 4 rings (SSSR count). The molecule has 4 aromatic carbocycles. The molecule has 5 nitrogen and oxygen atoms in total. The minimum Gasteiger partial charge on any atom is -0.493 e. The number of aryl methyl sites for hydroxylation is 3. The van der Waals surface area contributed by atoms with E-state index in [0.717, 1.165) is 42.6 Å². The van der Waals surface area contributed by atoms with Gasteiger partial charge in [-0.1, -0.05) is 127 Å². The largest absolute Gasteiger partial charge is 0.493 e. The fourth-order valence-electron chi connectivity index (χ4n) is 6.79. The van der Waals surface area contributed by atoms with Gasteiger partial charge in [-0.3, -0.25) is 0 Å². The van der Waals surface area contributed by atoms with Crippen LogP contribution in [0.4, 0.5) is 0 Å². The molecule has 0 radical (unpaired) electrons. The average Bonchev–Trinajstić information content (AvgIpc) is 3.18. The van der Waals surface area contributed by atoms with Crippen molar-refractivity contribution in [1.82, 2.24) is 0 Å². The summed E-state index contributed by atoms with van der Waals surface area (Å²) < 4.78 is 11.8. The normalized spacial score (nSPS) is 11.8. The van der Waals surface area contributed by atoms with Crippen LogP contribution in [0, 0.1) is 10.8 Å². The van der Waals surface area contributed by atoms with E-state index in [1.165, 1.54) is 58.2 Å². The summed E-state index contributed by atoms with van der Waals surface area (Å²) in [4.78, 5) is 12.0. The number of hydrogen-bond acceptors (Lipinski definition) is 5. The van der Waals surface area contributed by atoms with E-state index in [1.807, 2.05) is 6.07 Å². The van der Waals surface area contributed by atoms with Crippen molar-refractivity contribution in [3.05, 3.63) is 114 Å². The fourth-order valence-corrected chi connectivity index (χ4v) is 6.79. The second-order valence-electron chi connectivity index (χ2n) is 16.3. The van der Waals surface area contributed by atoms with Gasteiger partial charge >= 0.3 is 5.97 Å². The van der Waals surface area contributed by atoms with E-state index in [-0.39, 0.29) is 24.6 Å². The Morgan fingerprint density at radius 3 is 1.85 bits per heavy atom. The third-order valence-electron chi connectivity index (χ3n) is 10.6. The molecule has 0 atom stereocenters. The molecule has 0 aliphatic heterocycles. The Balaban J connectivity index is 1.53. The lowest BCUT2D eigenvalue weighted by atomic mass is 9.76. The highest BCUT2D eigenvalue weighted by Gasteiger charge is 2.30. The predicted octanol–water partition coefficient (Wildman–Crippen LogP) is 11.6. The average molecular weight is 733 g/mol. The van der Waals surface area contributed by atoms with Crippen LogP contribution in [0.2, 0.25) is 0 Å². The van der Waals surface area contributed by atoms with E-state index in [0.29, 0.717) is 38.0 Å². The molecule has 5 heteroatoms. The van der Waals surface area contributed by atoms with Crippen LogP contribution in [0.3, 0.4) is 0 Å². The quantitative estimate of drug-likeness (QED) is 0.0507. The van der Waals surface area contributed by atoms with Crippen LogP contribution in [0.15, 0.2) is 97.1 Å². The molecule has 0 aromatic heterocycles. The Bertz CT molecular complexity index is 1770. The standard InChI is InChI=1S/C49H64O5/c1-8-10-11-13-37-15-17-39(18-16-37)40-19-21-41(22-20-40)42-23-25-45(38(9-2)32-42)43-24-26-46(44(33-43)14-12-30-54-47(52)36(3)4)53-31-29-49(34-50,35-51)28-27-48(5,6)7/h15-26,32-33,50-51H,3,8-14,27-31,34-35H2,1-2,4-7H3. The minimum atomic E-state index is -0.596. The monoisotopic (exact) mass is 732 g/mol. The van der Waals surface area contributed by atoms with Gasteiger partial charge in [0.1, 0.15) is 5.75 Å². The van der Waals surface area contributed by atoms with Crippen LogP contribution in [-0.4, -0.2) is 42.6 Å². The van der Waals surface area contributed by atoms with Gasteiger partial charge < -0.3 is 19.7 Å². The van der Waals surface area contributed by atoms with Crippen LogP contribution >= 0.6 is 0 Å². The minimum absolute atomic E-state index is 0.0875. The molecule has 4 aromatic rings. The topological polar surface area (TPSA) is 76.0 Å². The summed E-state index contributed by atoms with van der Waals surface area (Å²) in [7, 11) is 0. The van der Waals surface area contributed by atoms with Gasteiger partial charge in [0.2, 0.25) is 0 Å². The van der Waals surface area contributed by atoms with E-state index >= 15 is 0 Å². The molecule has 0 unspecified atom stereocenters. The van der Waals surface area contributed by atoms with Crippen molar-refractivity contribution in [1.29, 1.82) is 0 Å². The van der Waals surface area contributed by atoms with E-state index in [1.54, 1.807) is 6.92 Å². The highest BCUT2D eigenvalue weighted by atomic mass is 16.5. The zero-order valence-electron chi connectivity index (χ0n) is 33.8. The van der Waals surface area contributed by atoms with Gasteiger partial charge in [0.05, 0.1) is 26.4 Å². The van der Waals surface area contributed by atoms with E-state index < -0.39 is 5.41 Å². The van der Waals surface area contributed by atoms with E-state index in [4.69, 9.17) is 9.47 Å². The number of rotatable bonds is 21. The first-order valence-corrected chi connectivity index (χ1v) is 20.0. The van der Waals surface area contributed by atoms with Crippen molar-refractivity contribution < 1.29 is 24.5 Å². The van der Waals surface area contributed by atoms with Crippen molar-refractivity contribution in [2.75, 3.05) is 26.4 Å². The number of benzene rings is 4. The summed E-state index contributed by atoms with van der Waals surface area (Å²) >= 11 is 0. The van der Waals surface area contributed by atoms with Gasteiger partial charge in [-0.15, -0.1) is 0 Å². The Morgan fingerprint density at radius 1 is 0.667 bits per heavy atom. The van der Waals surface area contributed by atoms with E-state index in [2.05, 4.69) is 120 Å². The van der Waals surface area contributed by atoms with Gasteiger partial charge in [-0.25, -0.2) is 4.79 Å². The van der Waals surface area contributed by atoms with Crippen molar-refractivity contribution in [2.24, 2.45) is 10.8 Å².